The quantitative estimate of drug-likeness (QED) is 0.685. The highest BCUT2D eigenvalue weighted by atomic mass is 16.5. The lowest BCUT2D eigenvalue weighted by molar-refractivity contribution is -0.148. The Bertz CT molecular complexity index is 935. The third kappa shape index (κ3) is 5.99. The fraction of sp³-hybridized carbons (Fsp3) is 0.593. The van der Waals surface area contributed by atoms with E-state index in [1.807, 2.05) is 45.9 Å². The molecule has 2 aliphatic heterocycles. The van der Waals surface area contributed by atoms with Gasteiger partial charge in [0, 0.05) is 45.5 Å². The second-order valence-corrected chi connectivity index (χ2v) is 9.78. The summed E-state index contributed by atoms with van der Waals surface area (Å²) in [5.41, 5.74) is 0.895. The number of rotatable bonds is 4. The highest BCUT2D eigenvalue weighted by molar-refractivity contribution is 5.83. The van der Waals surface area contributed by atoms with Crippen LogP contribution in [-0.2, 0) is 22.6 Å². The third-order valence-electron chi connectivity index (χ3n) is 7.47. The molecule has 1 fully saturated rings. The minimum absolute atomic E-state index is 0.193. The fourth-order valence-electron chi connectivity index (χ4n) is 5.34. The molecule has 2 amide bonds. The van der Waals surface area contributed by atoms with Crippen LogP contribution < -0.4 is 4.74 Å². The number of carbonyl (C=O) groups is 2. The number of ether oxygens (including phenoxy) is 1. The summed E-state index contributed by atoms with van der Waals surface area (Å²) in [7, 11) is 1.89. The van der Waals surface area contributed by atoms with Crippen molar-refractivity contribution in [2.45, 2.75) is 64.3 Å². The number of hydrogen-bond acceptors (Lipinski definition) is 4. The molecule has 34 heavy (non-hydrogen) atoms. The number of benzene rings is 1. The van der Waals surface area contributed by atoms with Crippen LogP contribution in [0.5, 0.6) is 5.75 Å². The van der Waals surface area contributed by atoms with Crippen molar-refractivity contribution in [3.8, 4) is 5.75 Å². The van der Waals surface area contributed by atoms with Crippen molar-refractivity contribution in [2.24, 2.45) is 5.41 Å². The maximum absolute atomic E-state index is 13.6. The molecule has 0 radical (unpaired) electrons. The minimum Gasteiger partial charge on any atom is -0.491 e. The van der Waals surface area contributed by atoms with Crippen molar-refractivity contribution in [3.63, 3.8) is 0 Å². The predicted molar refractivity (Wildman–Crippen MR) is 131 cm³/mol. The van der Waals surface area contributed by atoms with Crippen molar-refractivity contribution in [1.29, 1.82) is 0 Å². The number of likely N-dealkylation sites (N-methyl/N-ethyl adjacent to an activating group) is 1. The molecule has 7 heteroatoms. The molecular formula is C27H38N4O3. The Hall–Kier alpha value is -2.83. The van der Waals surface area contributed by atoms with Gasteiger partial charge in [-0.25, -0.2) is 0 Å². The second-order valence-electron chi connectivity index (χ2n) is 9.78. The van der Waals surface area contributed by atoms with Gasteiger partial charge in [0.1, 0.15) is 12.4 Å². The van der Waals surface area contributed by atoms with Gasteiger partial charge in [0.25, 0.3) is 0 Å². The first kappa shape index (κ1) is 24.3. The number of aryl methyl sites for hydroxylation is 2. The van der Waals surface area contributed by atoms with Crippen LogP contribution in [0.1, 0.15) is 56.9 Å². The Morgan fingerprint density at radius 1 is 1.06 bits per heavy atom. The van der Waals surface area contributed by atoms with Crippen molar-refractivity contribution in [2.75, 3.05) is 33.3 Å². The lowest BCUT2D eigenvalue weighted by Gasteiger charge is -2.42. The van der Waals surface area contributed by atoms with Gasteiger partial charge < -0.3 is 14.5 Å². The SMILES string of the molecule is CN1CCOc2ccccc2CCCCCC2(CCN(C(=O)CCCn3cccn3)CC2)C1=O. The summed E-state index contributed by atoms with van der Waals surface area (Å²) in [4.78, 5) is 30.2. The minimum atomic E-state index is -0.360. The molecule has 0 saturated carbocycles. The molecule has 1 aromatic carbocycles. The van der Waals surface area contributed by atoms with E-state index in [2.05, 4.69) is 17.2 Å². The molecule has 2 aliphatic rings. The molecule has 0 atom stereocenters. The van der Waals surface area contributed by atoms with E-state index in [0.717, 1.165) is 63.7 Å². The molecule has 184 valence electrons. The van der Waals surface area contributed by atoms with Gasteiger partial charge in [-0.3, -0.25) is 14.3 Å². The Kier molecular flexibility index (Phi) is 8.25. The topological polar surface area (TPSA) is 67.7 Å². The number of likely N-dealkylation sites (tertiary alicyclic amines) is 1. The molecule has 1 saturated heterocycles. The number of nitrogens with zero attached hydrogens (tertiary/aromatic N) is 4. The fourth-order valence-corrected chi connectivity index (χ4v) is 5.34. The van der Waals surface area contributed by atoms with Crippen molar-refractivity contribution < 1.29 is 14.3 Å². The summed E-state index contributed by atoms with van der Waals surface area (Å²) in [5, 5.41) is 4.20. The zero-order valence-corrected chi connectivity index (χ0v) is 20.5. The normalized spacial score (nSPS) is 19.5. The first-order valence-corrected chi connectivity index (χ1v) is 12.8. The van der Waals surface area contributed by atoms with Crippen molar-refractivity contribution in [1.82, 2.24) is 19.6 Å². The molecular weight excluding hydrogens is 428 g/mol. The molecule has 7 nitrogen and oxygen atoms in total. The maximum Gasteiger partial charge on any atom is 0.228 e. The lowest BCUT2D eigenvalue weighted by atomic mass is 9.73. The van der Waals surface area contributed by atoms with Crippen LogP contribution in [0, 0.1) is 5.41 Å². The zero-order valence-electron chi connectivity index (χ0n) is 20.5. The highest BCUT2D eigenvalue weighted by Gasteiger charge is 2.43. The smallest absolute Gasteiger partial charge is 0.228 e. The van der Waals surface area contributed by atoms with Crippen LogP contribution in [-0.4, -0.2) is 64.7 Å². The summed E-state index contributed by atoms with van der Waals surface area (Å²) >= 11 is 0. The number of fused-ring (bicyclic) bond motifs is 1. The molecule has 2 aromatic rings. The van der Waals surface area contributed by atoms with E-state index in [1.165, 1.54) is 5.56 Å². The molecule has 0 unspecified atom stereocenters. The van der Waals surface area contributed by atoms with Crippen LogP contribution >= 0.6 is 0 Å². The number of para-hydroxylation sites is 1. The van der Waals surface area contributed by atoms with Gasteiger partial charge in [-0.05, 0) is 56.2 Å². The summed E-state index contributed by atoms with van der Waals surface area (Å²) in [6, 6.07) is 10.1. The molecule has 1 spiro atoms. The van der Waals surface area contributed by atoms with E-state index in [9.17, 15) is 9.59 Å². The maximum atomic E-state index is 13.6. The average Bonchev–Trinajstić information content (AvgIpc) is 3.37. The summed E-state index contributed by atoms with van der Waals surface area (Å²) in [6.07, 6.45) is 11.6. The first-order chi connectivity index (χ1) is 16.6. The first-order valence-electron chi connectivity index (χ1n) is 12.8. The zero-order chi connectivity index (χ0) is 23.8. The van der Waals surface area contributed by atoms with E-state index in [0.29, 0.717) is 32.7 Å². The largest absolute Gasteiger partial charge is 0.491 e. The van der Waals surface area contributed by atoms with Gasteiger partial charge in [0.2, 0.25) is 11.8 Å². The van der Waals surface area contributed by atoms with E-state index in [-0.39, 0.29) is 17.2 Å². The summed E-state index contributed by atoms with van der Waals surface area (Å²) < 4.78 is 7.92. The Morgan fingerprint density at radius 3 is 2.68 bits per heavy atom. The van der Waals surface area contributed by atoms with Gasteiger partial charge in [0.05, 0.1) is 12.0 Å². The number of aromatic nitrogens is 2. The Labute approximate surface area is 203 Å². The molecule has 4 rings (SSSR count). The molecule has 3 heterocycles. The molecule has 0 N–H and O–H groups in total. The summed E-state index contributed by atoms with van der Waals surface area (Å²) in [5.74, 6) is 1.35. The molecule has 0 bridgehead atoms. The second kappa shape index (κ2) is 11.5. The lowest BCUT2D eigenvalue weighted by Crippen LogP contribution is -2.51. The van der Waals surface area contributed by atoms with Crippen molar-refractivity contribution >= 4 is 11.8 Å². The van der Waals surface area contributed by atoms with Gasteiger partial charge in [-0.1, -0.05) is 31.0 Å². The summed E-state index contributed by atoms with van der Waals surface area (Å²) in [6.45, 7) is 3.16. The molecule has 0 aliphatic carbocycles. The van der Waals surface area contributed by atoms with Crippen LogP contribution in [0.15, 0.2) is 42.7 Å². The highest BCUT2D eigenvalue weighted by Crippen LogP contribution is 2.39. The van der Waals surface area contributed by atoms with Crippen LogP contribution in [0.25, 0.3) is 0 Å². The number of amides is 2. The predicted octanol–water partition coefficient (Wildman–Crippen LogP) is 3.93. The van der Waals surface area contributed by atoms with E-state index in [1.54, 1.807) is 6.20 Å². The van der Waals surface area contributed by atoms with Gasteiger partial charge in [0.15, 0.2) is 0 Å². The number of carbonyl (C=O) groups excluding carboxylic acids is 2. The number of hydrogen-bond donors (Lipinski definition) is 0. The Balaban J connectivity index is 1.33. The van der Waals surface area contributed by atoms with Crippen LogP contribution in [0.3, 0.4) is 0 Å². The number of piperidine rings is 1. The average molecular weight is 467 g/mol. The monoisotopic (exact) mass is 466 g/mol. The third-order valence-corrected chi connectivity index (χ3v) is 7.47. The Morgan fingerprint density at radius 2 is 1.88 bits per heavy atom. The van der Waals surface area contributed by atoms with Gasteiger partial charge >= 0.3 is 0 Å². The van der Waals surface area contributed by atoms with Crippen LogP contribution in [0.4, 0.5) is 0 Å². The van der Waals surface area contributed by atoms with E-state index < -0.39 is 0 Å². The van der Waals surface area contributed by atoms with E-state index in [4.69, 9.17) is 4.74 Å². The molecule has 1 aromatic heterocycles. The standard InChI is InChI=1S/C27H38N4O3/c1-29-21-22-34-24-11-5-4-10-23(24)9-3-2-6-13-27(26(29)33)14-19-30(20-15-27)25(32)12-7-17-31-18-8-16-28-31/h4-5,8,10-11,16,18H,2-3,6-7,9,12-15,17,19-22H2,1H3. The van der Waals surface area contributed by atoms with Gasteiger partial charge in [-0.15, -0.1) is 0 Å². The van der Waals surface area contributed by atoms with Crippen molar-refractivity contribution in [3.05, 3.63) is 48.3 Å². The van der Waals surface area contributed by atoms with Gasteiger partial charge in [-0.2, -0.15) is 5.10 Å². The van der Waals surface area contributed by atoms with E-state index >= 15 is 0 Å². The van der Waals surface area contributed by atoms with Crippen LogP contribution in [0.2, 0.25) is 0 Å².